The average Bonchev–Trinajstić information content (AvgIpc) is 3.40. The zero-order valence-corrected chi connectivity index (χ0v) is 26.4. The minimum Gasteiger partial charge on any atom is -0.569 e. The van der Waals surface area contributed by atoms with Gasteiger partial charge < -0.3 is 24.3 Å². The molecule has 1 amide bonds. The molecule has 254 valence electrons. The van der Waals surface area contributed by atoms with E-state index in [2.05, 4.69) is 20.0 Å². The van der Waals surface area contributed by atoms with E-state index in [1.54, 1.807) is 49.8 Å². The van der Waals surface area contributed by atoms with Crippen molar-refractivity contribution in [3.05, 3.63) is 71.1 Å². The number of amides is 1. The molecule has 15 nitrogen and oxygen atoms in total. The summed E-state index contributed by atoms with van der Waals surface area (Å²) in [6.07, 6.45) is -7.00. The number of alkyl halides is 3. The molecule has 3 aromatic rings. The van der Waals surface area contributed by atoms with Gasteiger partial charge in [0.25, 0.3) is 16.8 Å². The monoisotopic (exact) mass is 684 g/mol. The van der Waals surface area contributed by atoms with Crippen LogP contribution in [0.15, 0.2) is 64.8 Å². The van der Waals surface area contributed by atoms with E-state index in [4.69, 9.17) is 9.47 Å². The normalized spacial score (nSPS) is 14.3. The number of hydrazine groups is 1. The minimum atomic E-state index is -4.71. The first-order valence-electron chi connectivity index (χ1n) is 13.9. The lowest BCUT2D eigenvalue weighted by Crippen LogP contribution is -2.52. The van der Waals surface area contributed by atoms with Crippen molar-refractivity contribution in [2.24, 2.45) is 11.2 Å². The molecular weight excluding hydrogens is 653 g/mol. The molecule has 1 aliphatic rings. The molecule has 1 saturated heterocycles. The van der Waals surface area contributed by atoms with E-state index in [0.717, 1.165) is 28.4 Å². The molecule has 0 bridgehead atoms. The van der Waals surface area contributed by atoms with Gasteiger partial charge in [-0.3, -0.25) is 0 Å². The third-order valence-electron chi connectivity index (χ3n) is 6.33. The molecule has 1 N–H and O–H groups in total. The molecule has 1 aromatic heterocycles. The van der Waals surface area contributed by atoms with Crippen molar-refractivity contribution in [1.82, 2.24) is 19.5 Å². The summed E-state index contributed by atoms with van der Waals surface area (Å²) in [7, 11) is -4.41. The summed E-state index contributed by atoms with van der Waals surface area (Å²) >= 11 is 0. The van der Waals surface area contributed by atoms with Crippen LogP contribution in [0.1, 0.15) is 32.0 Å². The van der Waals surface area contributed by atoms with Crippen molar-refractivity contribution in [2.75, 3.05) is 26.5 Å². The minimum absolute atomic E-state index is 0.0961. The van der Waals surface area contributed by atoms with Crippen LogP contribution >= 0.6 is 0 Å². The van der Waals surface area contributed by atoms with Crippen molar-refractivity contribution in [1.29, 1.82) is 0 Å². The van der Waals surface area contributed by atoms with Gasteiger partial charge in [0.2, 0.25) is 5.28 Å². The van der Waals surface area contributed by atoms with Crippen molar-refractivity contribution in [3.8, 4) is 16.9 Å². The second-order valence-electron chi connectivity index (χ2n) is 11.3. The molecule has 19 heteroatoms. The Hall–Kier alpha value is -5.07. The Morgan fingerprint density at radius 3 is 2.30 bits per heavy atom. The fourth-order valence-corrected chi connectivity index (χ4v) is 4.96. The first-order valence-corrected chi connectivity index (χ1v) is 15.3. The molecule has 0 spiro atoms. The van der Waals surface area contributed by atoms with Gasteiger partial charge in [0.05, 0.1) is 40.9 Å². The number of rotatable bonds is 10. The number of benzene rings is 2. The number of carbonyl (C=O) groups excluding carboxylic acids is 2. The van der Waals surface area contributed by atoms with Crippen LogP contribution in [0.2, 0.25) is 0 Å². The van der Waals surface area contributed by atoms with Crippen LogP contribution in [0, 0.1) is 18.0 Å². The zero-order chi connectivity index (χ0) is 34.6. The van der Waals surface area contributed by atoms with E-state index in [1.165, 1.54) is 17.1 Å². The summed E-state index contributed by atoms with van der Waals surface area (Å²) in [6, 6.07) is 12.4. The van der Waals surface area contributed by atoms with Gasteiger partial charge in [-0.15, -0.1) is 5.01 Å². The topological polar surface area (TPSA) is 177 Å². The van der Waals surface area contributed by atoms with Crippen LogP contribution in [0.5, 0.6) is 0 Å². The highest BCUT2D eigenvalue weighted by atomic mass is 32.2. The molecule has 0 saturated carbocycles. The number of nitrogens with zero attached hydrogens (tertiary/aromatic N) is 5. The summed E-state index contributed by atoms with van der Waals surface area (Å²) in [5.41, 5.74) is -0.249. The lowest BCUT2D eigenvalue weighted by Gasteiger charge is -2.33. The van der Waals surface area contributed by atoms with E-state index in [9.17, 15) is 36.4 Å². The second kappa shape index (κ2) is 13.7. The lowest BCUT2D eigenvalue weighted by atomic mass is 10.0. The van der Waals surface area contributed by atoms with E-state index in [1.807, 2.05) is 6.92 Å². The molecule has 47 heavy (non-hydrogen) atoms. The van der Waals surface area contributed by atoms with Crippen molar-refractivity contribution in [2.45, 2.75) is 44.4 Å². The van der Waals surface area contributed by atoms with Crippen molar-refractivity contribution < 1.29 is 55.2 Å². The molecule has 4 rings (SSSR count). The molecule has 0 aliphatic carbocycles. The highest BCUT2D eigenvalue weighted by Crippen LogP contribution is 2.33. The molecular formula is C28H31F3N6O9S. The van der Waals surface area contributed by atoms with Crippen molar-refractivity contribution in [3.63, 3.8) is 0 Å². The first-order chi connectivity index (χ1) is 21.9. The van der Waals surface area contributed by atoms with Crippen LogP contribution in [0.4, 0.5) is 22.8 Å². The van der Waals surface area contributed by atoms with Crippen LogP contribution < -0.4 is 4.72 Å². The third kappa shape index (κ3) is 9.47. The number of aromatic nitrogens is 2. The maximum atomic E-state index is 13.5. The summed E-state index contributed by atoms with van der Waals surface area (Å²) < 4.78 is 83.2. The fourth-order valence-electron chi connectivity index (χ4n) is 4.07. The Morgan fingerprint density at radius 1 is 1.06 bits per heavy atom. The molecule has 0 radical (unpaired) electrons. The van der Waals surface area contributed by atoms with Gasteiger partial charge in [-0.1, -0.05) is 29.8 Å². The predicted octanol–water partition coefficient (Wildman–Crippen LogP) is 4.93. The second-order valence-corrected chi connectivity index (χ2v) is 13.0. The number of sulfonamides is 1. The van der Waals surface area contributed by atoms with Gasteiger partial charge in [-0.2, -0.15) is 18.3 Å². The summed E-state index contributed by atoms with van der Waals surface area (Å²) in [5, 5.41) is 20.0. The number of hydrogen-bond acceptors (Lipinski definition) is 11. The number of hydrogen-bond donors (Lipinski definition) is 1. The van der Waals surface area contributed by atoms with Crippen LogP contribution in [0.25, 0.3) is 16.9 Å². The summed E-state index contributed by atoms with van der Waals surface area (Å²) in [4.78, 5) is 28.0. The van der Waals surface area contributed by atoms with Gasteiger partial charge in [0.15, 0.2) is 5.69 Å². The van der Waals surface area contributed by atoms with Crippen LogP contribution in [-0.2, 0) is 35.2 Å². The molecule has 0 unspecified atom stereocenters. The highest BCUT2D eigenvalue weighted by Gasteiger charge is 2.36. The van der Waals surface area contributed by atoms with Gasteiger partial charge in [-0.25, -0.2) is 27.4 Å². The van der Waals surface area contributed by atoms with Gasteiger partial charge in [0, 0.05) is 11.5 Å². The summed E-state index contributed by atoms with van der Waals surface area (Å²) in [6.45, 7) is 6.04. The Kier molecular flexibility index (Phi) is 10.2. The van der Waals surface area contributed by atoms with Gasteiger partial charge >= 0.3 is 18.4 Å². The lowest BCUT2D eigenvalue weighted by molar-refractivity contribution is -0.727. The quantitative estimate of drug-likeness (QED) is 0.0765. The number of ether oxygens (including phenoxy) is 3. The average molecular weight is 685 g/mol. The van der Waals surface area contributed by atoms with Gasteiger partial charge in [0.1, 0.15) is 5.60 Å². The van der Waals surface area contributed by atoms with Crippen LogP contribution in [-0.4, -0.2) is 72.5 Å². The van der Waals surface area contributed by atoms with E-state index < -0.39 is 46.5 Å². The standard InChI is InChI=1S/C28H31F3N6O9S/c1-18-5-7-20(8-6-18)23-13-24(28(29,30)31)32-36(23)21-9-11-22(12-10-21)47(41,42)33-25(38)43-16-19-14-35(15-19)37(40)34-45-17-44-26(39)46-27(2,3)4/h5-13,19H,14-17H2,1-4H3,(H,33,38)/b37-34+. The maximum Gasteiger partial charge on any atom is 0.511 e. The smallest absolute Gasteiger partial charge is 0.511 e. The first kappa shape index (κ1) is 34.8. The molecule has 1 aliphatic heterocycles. The van der Waals surface area contributed by atoms with Crippen LogP contribution in [0.3, 0.4) is 0 Å². The maximum absolute atomic E-state index is 13.5. The highest BCUT2D eigenvalue weighted by molar-refractivity contribution is 7.90. The SMILES string of the molecule is Cc1ccc(-c2cc(C(F)(F)F)nn2-c2ccc(S(=O)(=O)NC(=O)OCC3CN(/[N+]([O-])=N\OCOC(=O)OC(C)(C)C)C3)cc2)cc1. The number of carbonyl (C=O) groups is 2. The largest absolute Gasteiger partial charge is 0.569 e. The molecule has 1 fully saturated rings. The molecule has 2 heterocycles. The van der Waals surface area contributed by atoms with E-state index >= 15 is 0 Å². The molecule has 0 atom stereocenters. The predicted molar refractivity (Wildman–Crippen MR) is 155 cm³/mol. The number of aryl methyl sites for hydroxylation is 1. The Balaban J connectivity index is 1.28. The van der Waals surface area contributed by atoms with Gasteiger partial charge in [-0.05, 0) is 58.0 Å². The fraction of sp³-hybridized carbons (Fsp3) is 0.393. The van der Waals surface area contributed by atoms with E-state index in [-0.39, 0.29) is 46.9 Å². The number of nitrogens with one attached hydrogen (secondary N) is 1. The Labute approximate surface area is 267 Å². The Morgan fingerprint density at radius 2 is 1.70 bits per heavy atom. The zero-order valence-electron chi connectivity index (χ0n) is 25.6. The number of halogens is 3. The van der Waals surface area contributed by atoms with Crippen molar-refractivity contribution >= 4 is 22.3 Å². The molecule has 2 aromatic carbocycles. The van der Waals surface area contributed by atoms with E-state index in [0.29, 0.717) is 5.56 Å². The third-order valence-corrected chi connectivity index (χ3v) is 7.66. The summed E-state index contributed by atoms with van der Waals surface area (Å²) in [5.74, 6) is -0.328. The Bertz CT molecular complexity index is 1720.